The lowest BCUT2D eigenvalue weighted by Gasteiger charge is -2.28. The van der Waals surface area contributed by atoms with Crippen LogP contribution in [0, 0.1) is 0 Å². The number of aliphatic carboxylic acids is 1. The highest BCUT2D eigenvalue weighted by atomic mass is 19.3. The maximum Gasteiger partial charge on any atom is 0.387 e. The average molecular weight is 510 g/mol. The van der Waals surface area contributed by atoms with Gasteiger partial charge in [-0.3, -0.25) is 4.79 Å². The van der Waals surface area contributed by atoms with Crippen LogP contribution in [0.4, 0.5) is 28.2 Å². The van der Waals surface area contributed by atoms with Crippen LogP contribution in [-0.4, -0.2) is 70.6 Å². The number of nitrogens with one attached hydrogen (secondary N) is 1. The van der Waals surface area contributed by atoms with E-state index in [1.54, 1.807) is 12.1 Å². The number of aryl methyl sites for hydroxylation is 1. The van der Waals surface area contributed by atoms with Crippen molar-refractivity contribution < 1.29 is 37.0 Å². The zero-order chi connectivity index (χ0) is 25.9. The summed E-state index contributed by atoms with van der Waals surface area (Å²) in [6.45, 7) is -3.08. The molecule has 1 aromatic carbocycles. The molecule has 0 saturated carbocycles. The second-order valence-corrected chi connectivity index (χ2v) is 8.83. The van der Waals surface area contributed by atoms with Crippen molar-refractivity contribution >= 4 is 17.8 Å². The molecule has 0 aliphatic carbocycles. The van der Waals surface area contributed by atoms with Crippen LogP contribution in [0.5, 0.6) is 5.75 Å². The minimum Gasteiger partial charge on any atom is -0.481 e. The van der Waals surface area contributed by atoms with Crippen LogP contribution >= 0.6 is 0 Å². The third-order valence-electron chi connectivity index (χ3n) is 6.18. The van der Waals surface area contributed by atoms with Crippen LogP contribution in [0.3, 0.4) is 0 Å². The van der Waals surface area contributed by atoms with E-state index >= 15 is 0 Å². The number of halogens is 4. The minimum absolute atomic E-state index is 0.00368. The number of rotatable bonds is 10. The molecule has 12 heteroatoms. The summed E-state index contributed by atoms with van der Waals surface area (Å²) >= 11 is 0. The van der Waals surface area contributed by atoms with Gasteiger partial charge in [0.05, 0.1) is 25.4 Å². The van der Waals surface area contributed by atoms with E-state index in [9.17, 15) is 32.3 Å². The lowest BCUT2D eigenvalue weighted by molar-refractivity contribution is -0.138. The van der Waals surface area contributed by atoms with Crippen molar-refractivity contribution in [2.24, 2.45) is 0 Å². The molecule has 1 atom stereocenters. The fourth-order valence-corrected chi connectivity index (χ4v) is 4.55. The van der Waals surface area contributed by atoms with Crippen LogP contribution in [0.15, 0.2) is 36.4 Å². The molecule has 36 heavy (non-hydrogen) atoms. The number of aromatic nitrogens is 1. The van der Waals surface area contributed by atoms with Crippen molar-refractivity contribution in [1.29, 1.82) is 0 Å². The van der Waals surface area contributed by atoms with Crippen LogP contribution in [0.25, 0.3) is 0 Å². The minimum atomic E-state index is -3.25. The van der Waals surface area contributed by atoms with Crippen LogP contribution in [-0.2, 0) is 17.6 Å². The molecule has 4 rings (SSSR count). The van der Waals surface area contributed by atoms with Crippen LogP contribution < -0.4 is 10.1 Å². The van der Waals surface area contributed by atoms with E-state index in [2.05, 4.69) is 15.0 Å². The summed E-state index contributed by atoms with van der Waals surface area (Å²) in [7, 11) is 0. The molecule has 2 aliphatic heterocycles. The molecule has 1 aromatic heterocycles. The first-order valence-corrected chi connectivity index (χ1v) is 11.5. The van der Waals surface area contributed by atoms with Crippen molar-refractivity contribution in [2.75, 3.05) is 31.5 Å². The molecule has 194 valence electrons. The number of hydrogen-bond donors (Lipinski definition) is 2. The van der Waals surface area contributed by atoms with Gasteiger partial charge in [0.2, 0.25) is 0 Å². The summed E-state index contributed by atoms with van der Waals surface area (Å²) in [5.41, 5.74) is 1.57. The van der Waals surface area contributed by atoms with Gasteiger partial charge in [0.15, 0.2) is 0 Å². The number of ether oxygens (including phenoxy) is 1. The standard InChI is InChI=1S/C24H26F4N4O4/c25-22(26)36-18-7-4-15(5-8-18)19(12-20(33)34)32-11-10-31(23(32)35)14-24(27,28)13-17-6-3-16-2-1-9-29-21(16)30-17/h3-8,19,22H,1-2,9-14H2,(H,29,30)(H,33,34)/t19-/m0/s1. The van der Waals surface area contributed by atoms with Gasteiger partial charge in [-0.2, -0.15) is 8.78 Å². The van der Waals surface area contributed by atoms with E-state index in [0.29, 0.717) is 11.4 Å². The molecule has 8 nitrogen and oxygen atoms in total. The smallest absolute Gasteiger partial charge is 0.387 e. The van der Waals surface area contributed by atoms with Gasteiger partial charge in [0.1, 0.15) is 11.6 Å². The number of carboxylic acid groups (broad SMARTS) is 1. The van der Waals surface area contributed by atoms with E-state index in [1.807, 2.05) is 0 Å². The number of amides is 2. The lowest BCUT2D eigenvalue weighted by atomic mass is 10.0. The van der Waals surface area contributed by atoms with E-state index in [4.69, 9.17) is 0 Å². The Kier molecular flexibility index (Phi) is 7.51. The quantitative estimate of drug-likeness (QED) is 0.466. The molecule has 2 N–H and O–H groups in total. The Bertz CT molecular complexity index is 1100. The zero-order valence-corrected chi connectivity index (χ0v) is 19.3. The number of benzene rings is 1. The van der Waals surface area contributed by atoms with Gasteiger partial charge in [-0.15, -0.1) is 0 Å². The molecule has 0 bridgehead atoms. The van der Waals surface area contributed by atoms with Gasteiger partial charge in [0.25, 0.3) is 5.92 Å². The van der Waals surface area contributed by atoms with E-state index in [0.717, 1.165) is 29.8 Å². The third kappa shape index (κ3) is 6.16. The Morgan fingerprint density at radius 2 is 1.92 bits per heavy atom. The van der Waals surface area contributed by atoms with E-state index < -0.39 is 50.0 Å². The van der Waals surface area contributed by atoms with Gasteiger partial charge in [0, 0.05) is 25.3 Å². The Balaban J connectivity index is 1.44. The van der Waals surface area contributed by atoms with Crippen molar-refractivity contribution in [1.82, 2.24) is 14.8 Å². The molecule has 0 spiro atoms. The Labute approximate surface area is 204 Å². The summed E-state index contributed by atoms with van der Waals surface area (Å²) in [5.74, 6) is -3.96. The maximum absolute atomic E-state index is 14.9. The second-order valence-electron chi connectivity index (χ2n) is 8.83. The predicted molar refractivity (Wildman–Crippen MR) is 121 cm³/mol. The number of carbonyl (C=O) groups is 2. The zero-order valence-electron chi connectivity index (χ0n) is 19.3. The topological polar surface area (TPSA) is 95.0 Å². The number of carbonyl (C=O) groups excluding carboxylic acids is 1. The highest BCUT2D eigenvalue weighted by Crippen LogP contribution is 2.32. The Morgan fingerprint density at radius 3 is 2.61 bits per heavy atom. The first kappa shape index (κ1) is 25.5. The predicted octanol–water partition coefficient (Wildman–Crippen LogP) is 4.17. The lowest BCUT2D eigenvalue weighted by Crippen LogP contribution is -2.42. The van der Waals surface area contributed by atoms with Crippen molar-refractivity contribution in [2.45, 2.75) is 44.3 Å². The fraction of sp³-hybridized carbons (Fsp3) is 0.458. The summed E-state index contributed by atoms with van der Waals surface area (Å²) < 4.78 is 59.0. The number of carboxylic acids is 1. The third-order valence-corrected chi connectivity index (χ3v) is 6.18. The first-order chi connectivity index (χ1) is 17.1. The number of fused-ring (bicyclic) bond motifs is 1. The van der Waals surface area contributed by atoms with E-state index in [1.165, 1.54) is 29.2 Å². The molecule has 0 unspecified atom stereocenters. The van der Waals surface area contributed by atoms with Crippen molar-refractivity contribution in [3.05, 3.63) is 53.2 Å². The highest BCUT2D eigenvalue weighted by Gasteiger charge is 2.41. The highest BCUT2D eigenvalue weighted by molar-refractivity contribution is 5.78. The molecule has 0 radical (unpaired) electrons. The van der Waals surface area contributed by atoms with Crippen LogP contribution in [0.2, 0.25) is 0 Å². The molecule has 2 aliphatic rings. The van der Waals surface area contributed by atoms with Gasteiger partial charge in [-0.1, -0.05) is 18.2 Å². The van der Waals surface area contributed by atoms with Gasteiger partial charge in [-0.25, -0.2) is 18.6 Å². The van der Waals surface area contributed by atoms with Gasteiger partial charge in [-0.05, 0) is 42.2 Å². The molecule has 2 amide bonds. The number of urea groups is 1. The van der Waals surface area contributed by atoms with Gasteiger partial charge >= 0.3 is 18.6 Å². The molecular weight excluding hydrogens is 484 g/mol. The van der Waals surface area contributed by atoms with Gasteiger partial charge < -0.3 is 25.0 Å². The maximum atomic E-state index is 14.9. The van der Waals surface area contributed by atoms with E-state index in [-0.39, 0.29) is 24.5 Å². The molecule has 1 saturated heterocycles. The number of nitrogens with zero attached hydrogens (tertiary/aromatic N) is 3. The second kappa shape index (κ2) is 10.6. The molecular formula is C24H26F4N4O4. The molecule has 2 aromatic rings. The molecule has 1 fully saturated rings. The number of pyridine rings is 1. The summed E-state index contributed by atoms with van der Waals surface area (Å²) in [6.07, 6.45) is 0.671. The number of alkyl halides is 4. The summed E-state index contributed by atoms with van der Waals surface area (Å²) in [5, 5.41) is 12.5. The average Bonchev–Trinajstić information content (AvgIpc) is 3.16. The van der Waals surface area contributed by atoms with Crippen molar-refractivity contribution in [3.8, 4) is 5.75 Å². The van der Waals surface area contributed by atoms with Crippen LogP contribution in [0.1, 0.15) is 35.7 Å². The Morgan fingerprint density at radius 1 is 1.17 bits per heavy atom. The first-order valence-electron chi connectivity index (χ1n) is 11.5. The Hall–Kier alpha value is -3.57. The molecule has 3 heterocycles. The normalized spacial score (nSPS) is 16.6. The largest absolute Gasteiger partial charge is 0.481 e. The summed E-state index contributed by atoms with van der Waals surface area (Å²) in [4.78, 5) is 31.0. The number of hydrogen-bond acceptors (Lipinski definition) is 5. The SMILES string of the molecule is O=C(O)C[C@@H](c1ccc(OC(F)F)cc1)N1CCN(CC(F)(F)Cc2ccc3c(n2)NCCC3)C1=O. The number of anilines is 1. The van der Waals surface area contributed by atoms with Crippen molar-refractivity contribution in [3.63, 3.8) is 0 Å². The monoisotopic (exact) mass is 510 g/mol. The fourth-order valence-electron chi connectivity index (χ4n) is 4.55. The summed E-state index contributed by atoms with van der Waals surface area (Å²) in [6, 6.07) is 6.93.